The molecule has 0 saturated heterocycles. The number of aliphatic imine (C=N–C) groups is 1. The second-order valence-corrected chi connectivity index (χ2v) is 6.96. The number of benzene rings is 2. The first-order valence-corrected chi connectivity index (χ1v) is 9.45. The van der Waals surface area contributed by atoms with Gasteiger partial charge >= 0.3 is 0 Å². The van der Waals surface area contributed by atoms with Crippen LogP contribution in [0.3, 0.4) is 0 Å². The van der Waals surface area contributed by atoms with E-state index in [1.165, 1.54) is 11.8 Å². The molecular formula is C20H16N4O2S. The highest BCUT2D eigenvalue weighted by Gasteiger charge is 2.24. The van der Waals surface area contributed by atoms with Crippen molar-refractivity contribution in [1.82, 2.24) is 15.5 Å². The fraction of sp³-hybridized carbons (Fsp3) is 0.100. The molecule has 0 radical (unpaired) electrons. The van der Waals surface area contributed by atoms with Crippen molar-refractivity contribution in [1.29, 1.82) is 0 Å². The molecule has 0 bridgehead atoms. The zero-order valence-corrected chi connectivity index (χ0v) is 15.1. The number of hydrogen-bond acceptors (Lipinski definition) is 5. The minimum atomic E-state index is -0.533. The summed E-state index contributed by atoms with van der Waals surface area (Å²) in [5, 5.41) is 10.0. The minimum Gasteiger partial charge on any atom is -0.301 e. The number of amides is 1. The Bertz CT molecular complexity index is 1060. The number of H-pyrrole nitrogens is 1. The molecule has 2 heterocycles. The van der Waals surface area contributed by atoms with Crippen LogP contribution in [0.4, 0.5) is 0 Å². The van der Waals surface area contributed by atoms with Crippen LogP contribution in [0.15, 0.2) is 70.5 Å². The van der Waals surface area contributed by atoms with Crippen molar-refractivity contribution in [3.05, 3.63) is 76.6 Å². The van der Waals surface area contributed by atoms with Gasteiger partial charge in [-0.25, -0.2) is 5.10 Å². The van der Waals surface area contributed by atoms with Gasteiger partial charge in [-0.2, -0.15) is 5.10 Å². The normalized spacial score (nSPS) is 13.3. The monoisotopic (exact) mass is 376 g/mol. The van der Waals surface area contributed by atoms with E-state index in [9.17, 15) is 9.59 Å². The largest absolute Gasteiger partial charge is 0.301 e. The maximum Gasteiger partial charge on any atom is 0.277 e. The fourth-order valence-corrected chi connectivity index (χ4v) is 3.65. The van der Waals surface area contributed by atoms with E-state index >= 15 is 0 Å². The Labute approximate surface area is 159 Å². The van der Waals surface area contributed by atoms with Gasteiger partial charge in [0.05, 0.1) is 12.2 Å². The number of nitrogens with zero attached hydrogens (tertiary/aromatic N) is 2. The third-order valence-electron chi connectivity index (χ3n) is 4.13. The molecule has 0 aliphatic carbocycles. The lowest BCUT2D eigenvalue weighted by Crippen LogP contribution is -2.33. The maximum absolute atomic E-state index is 12.9. The molecule has 1 aliphatic heterocycles. The van der Waals surface area contributed by atoms with Gasteiger partial charge in [-0.3, -0.25) is 14.6 Å². The van der Waals surface area contributed by atoms with Crippen molar-refractivity contribution in [3.8, 4) is 22.4 Å². The van der Waals surface area contributed by atoms with E-state index in [-0.39, 0.29) is 5.56 Å². The molecule has 6 nitrogen and oxygen atoms in total. The molecule has 1 amide bonds. The molecule has 134 valence electrons. The lowest BCUT2D eigenvalue weighted by atomic mass is 9.95. The zero-order valence-electron chi connectivity index (χ0n) is 14.3. The summed E-state index contributed by atoms with van der Waals surface area (Å²) in [4.78, 5) is 29.8. The molecular weight excluding hydrogens is 360 g/mol. The van der Waals surface area contributed by atoms with Crippen molar-refractivity contribution in [2.24, 2.45) is 4.99 Å². The van der Waals surface area contributed by atoms with Gasteiger partial charge in [-0.1, -0.05) is 72.4 Å². The van der Waals surface area contributed by atoms with Crippen LogP contribution in [0.2, 0.25) is 0 Å². The first kappa shape index (κ1) is 17.2. The maximum atomic E-state index is 12.9. The van der Waals surface area contributed by atoms with E-state index in [0.717, 1.165) is 16.9 Å². The first-order chi connectivity index (χ1) is 13.2. The third kappa shape index (κ3) is 3.54. The minimum absolute atomic E-state index is 0.0326. The summed E-state index contributed by atoms with van der Waals surface area (Å²) < 4.78 is 0. The number of thioether (sulfide) groups is 1. The molecule has 3 aromatic rings. The molecule has 4 rings (SSSR count). The number of hydrogen-bond donors (Lipinski definition) is 2. The van der Waals surface area contributed by atoms with Crippen LogP contribution < -0.4 is 10.9 Å². The number of carbonyl (C=O) groups is 1. The number of aromatic amines is 1. The standard InChI is InChI=1S/C20H16N4O2S/c25-18(22-20-21-11-12-27-20)16-15(13-7-3-1-4-8-13)17(23-24-19(16)26)14-9-5-2-6-10-14/h1-10H,11-12H2,(H,24,26)(H,21,22,25). The van der Waals surface area contributed by atoms with E-state index in [2.05, 4.69) is 20.5 Å². The second-order valence-electron chi connectivity index (χ2n) is 5.87. The molecule has 2 N–H and O–H groups in total. The fourth-order valence-electron chi connectivity index (χ4n) is 2.93. The number of nitrogens with one attached hydrogen (secondary N) is 2. The van der Waals surface area contributed by atoms with E-state index in [1.807, 2.05) is 60.7 Å². The van der Waals surface area contributed by atoms with Crippen LogP contribution in [-0.4, -0.2) is 33.6 Å². The highest BCUT2D eigenvalue weighted by molar-refractivity contribution is 8.14. The Morgan fingerprint density at radius 1 is 1.00 bits per heavy atom. The van der Waals surface area contributed by atoms with Crippen molar-refractivity contribution in [2.45, 2.75) is 0 Å². The lowest BCUT2D eigenvalue weighted by molar-refractivity contribution is 0.0977. The second kappa shape index (κ2) is 7.59. The number of aromatic nitrogens is 2. The Morgan fingerprint density at radius 2 is 1.67 bits per heavy atom. The third-order valence-corrected chi connectivity index (χ3v) is 5.02. The van der Waals surface area contributed by atoms with Gasteiger partial charge in [0.15, 0.2) is 5.17 Å². The van der Waals surface area contributed by atoms with E-state index in [0.29, 0.717) is 23.0 Å². The predicted molar refractivity (Wildman–Crippen MR) is 108 cm³/mol. The van der Waals surface area contributed by atoms with Crippen LogP contribution in [0.25, 0.3) is 22.4 Å². The van der Waals surface area contributed by atoms with Crippen molar-refractivity contribution >= 4 is 22.8 Å². The smallest absolute Gasteiger partial charge is 0.277 e. The summed E-state index contributed by atoms with van der Waals surface area (Å²) in [5.41, 5.74) is 2.12. The summed E-state index contributed by atoms with van der Waals surface area (Å²) in [6.45, 7) is 0.661. The summed E-state index contributed by atoms with van der Waals surface area (Å²) in [6.07, 6.45) is 0. The van der Waals surface area contributed by atoms with Gasteiger partial charge in [0.25, 0.3) is 11.5 Å². The molecule has 27 heavy (non-hydrogen) atoms. The Morgan fingerprint density at radius 3 is 2.30 bits per heavy atom. The Balaban J connectivity index is 1.92. The summed E-state index contributed by atoms with van der Waals surface area (Å²) in [5.74, 6) is 0.339. The molecule has 0 fully saturated rings. The van der Waals surface area contributed by atoms with Gasteiger partial charge in [-0.15, -0.1) is 0 Å². The van der Waals surface area contributed by atoms with Crippen molar-refractivity contribution in [3.63, 3.8) is 0 Å². The number of rotatable bonds is 3. The zero-order chi connectivity index (χ0) is 18.6. The van der Waals surface area contributed by atoms with Gasteiger partial charge in [-0.05, 0) is 5.56 Å². The molecule has 2 aromatic carbocycles. The van der Waals surface area contributed by atoms with Crippen LogP contribution in [0.5, 0.6) is 0 Å². The molecule has 0 unspecified atom stereocenters. The van der Waals surface area contributed by atoms with Gasteiger partial charge in [0.1, 0.15) is 5.56 Å². The van der Waals surface area contributed by atoms with Gasteiger partial charge in [0.2, 0.25) is 0 Å². The van der Waals surface area contributed by atoms with E-state index in [4.69, 9.17) is 0 Å². The van der Waals surface area contributed by atoms with Crippen molar-refractivity contribution < 1.29 is 4.79 Å². The number of carbonyl (C=O) groups excluding carboxylic acids is 1. The molecule has 0 spiro atoms. The SMILES string of the molecule is O=C(NC1=NCCS1)c1c(-c2ccccc2)c(-c2ccccc2)n[nH]c1=O. The summed E-state index contributed by atoms with van der Waals surface area (Å²) in [7, 11) is 0. The predicted octanol–water partition coefficient (Wildman–Crippen LogP) is 2.94. The van der Waals surface area contributed by atoms with Crippen LogP contribution in [0.1, 0.15) is 10.4 Å². The topological polar surface area (TPSA) is 87.2 Å². The average molecular weight is 376 g/mol. The van der Waals surface area contributed by atoms with Crippen LogP contribution in [0, 0.1) is 0 Å². The van der Waals surface area contributed by atoms with Gasteiger partial charge in [0, 0.05) is 16.9 Å². The molecule has 0 saturated carbocycles. The summed E-state index contributed by atoms with van der Waals surface area (Å²) in [6, 6.07) is 18.8. The highest BCUT2D eigenvalue weighted by Crippen LogP contribution is 2.31. The molecule has 0 atom stereocenters. The van der Waals surface area contributed by atoms with Crippen LogP contribution >= 0.6 is 11.8 Å². The summed E-state index contributed by atoms with van der Waals surface area (Å²) >= 11 is 1.46. The van der Waals surface area contributed by atoms with E-state index < -0.39 is 11.5 Å². The lowest BCUT2D eigenvalue weighted by Gasteiger charge is -2.13. The first-order valence-electron chi connectivity index (χ1n) is 8.46. The quantitative estimate of drug-likeness (QED) is 0.736. The van der Waals surface area contributed by atoms with Crippen LogP contribution in [-0.2, 0) is 0 Å². The Hall–Kier alpha value is -3.19. The van der Waals surface area contributed by atoms with E-state index in [1.54, 1.807) is 0 Å². The molecule has 7 heteroatoms. The Kier molecular flexibility index (Phi) is 4.84. The highest BCUT2D eigenvalue weighted by atomic mass is 32.2. The number of amidine groups is 1. The molecule has 1 aromatic heterocycles. The van der Waals surface area contributed by atoms with Gasteiger partial charge < -0.3 is 5.32 Å². The average Bonchev–Trinajstić information content (AvgIpc) is 3.22. The molecule has 1 aliphatic rings. The van der Waals surface area contributed by atoms with Crippen molar-refractivity contribution in [2.75, 3.05) is 12.3 Å².